The van der Waals surface area contributed by atoms with Gasteiger partial charge in [0.1, 0.15) is 0 Å². The molecule has 54 valence electrons. The van der Waals surface area contributed by atoms with E-state index in [0.29, 0.717) is 6.61 Å². The monoisotopic (exact) mass is 129 g/mol. The minimum absolute atomic E-state index is 0.360. The van der Waals surface area contributed by atoms with Crippen molar-refractivity contribution in [3.8, 4) is 0 Å². The van der Waals surface area contributed by atoms with Crippen LogP contribution in [0, 0.1) is 5.92 Å². The molecule has 1 N–H and O–H groups in total. The Morgan fingerprint density at radius 2 is 2.44 bits per heavy atom. The molecule has 1 fully saturated rings. The molecule has 0 aromatic carbocycles. The Balaban J connectivity index is 2.14. The van der Waals surface area contributed by atoms with Gasteiger partial charge in [-0.15, -0.1) is 0 Å². The van der Waals surface area contributed by atoms with Crippen LogP contribution >= 0.6 is 0 Å². The van der Waals surface area contributed by atoms with Gasteiger partial charge in [0.2, 0.25) is 0 Å². The Hall–Kier alpha value is -0.0800. The lowest BCUT2D eigenvalue weighted by atomic mass is 10.1. The number of rotatable bonds is 2. The average Bonchev–Trinajstić information content (AvgIpc) is 2.17. The van der Waals surface area contributed by atoms with E-state index in [1.54, 1.807) is 0 Å². The topological polar surface area (TPSA) is 23.5 Å². The summed E-state index contributed by atoms with van der Waals surface area (Å²) in [5.74, 6) is 0.764. The second-order valence-electron chi connectivity index (χ2n) is 2.93. The van der Waals surface area contributed by atoms with Gasteiger partial charge >= 0.3 is 0 Å². The molecule has 0 aromatic rings. The van der Waals surface area contributed by atoms with Gasteiger partial charge in [-0.3, -0.25) is 0 Å². The smallest absolute Gasteiger partial charge is 0.0434 e. The van der Waals surface area contributed by atoms with Gasteiger partial charge in [-0.1, -0.05) is 0 Å². The van der Waals surface area contributed by atoms with Crippen LogP contribution < -0.4 is 0 Å². The first-order valence-electron chi connectivity index (χ1n) is 3.62. The summed E-state index contributed by atoms with van der Waals surface area (Å²) in [6.07, 6.45) is 2.27. The second-order valence-corrected chi connectivity index (χ2v) is 2.93. The molecule has 0 spiro atoms. The van der Waals surface area contributed by atoms with Crippen LogP contribution in [-0.2, 0) is 0 Å². The number of aliphatic hydroxyl groups excluding tert-OH is 1. The van der Waals surface area contributed by atoms with E-state index in [-0.39, 0.29) is 0 Å². The fourth-order valence-corrected chi connectivity index (χ4v) is 1.44. The van der Waals surface area contributed by atoms with Crippen molar-refractivity contribution in [1.82, 2.24) is 4.90 Å². The van der Waals surface area contributed by atoms with Crippen molar-refractivity contribution < 1.29 is 5.11 Å². The summed E-state index contributed by atoms with van der Waals surface area (Å²) in [7, 11) is 2.14. The van der Waals surface area contributed by atoms with Crippen LogP contribution in [0.5, 0.6) is 0 Å². The Labute approximate surface area is 56.5 Å². The van der Waals surface area contributed by atoms with Gasteiger partial charge in [0, 0.05) is 13.2 Å². The third kappa shape index (κ3) is 1.95. The summed E-state index contributed by atoms with van der Waals surface area (Å²) in [6.45, 7) is 2.75. The summed E-state index contributed by atoms with van der Waals surface area (Å²) in [4.78, 5) is 2.32. The van der Waals surface area contributed by atoms with E-state index in [1.165, 1.54) is 19.5 Å². The summed E-state index contributed by atoms with van der Waals surface area (Å²) in [5.41, 5.74) is 0. The summed E-state index contributed by atoms with van der Waals surface area (Å²) >= 11 is 0. The molecule has 0 amide bonds. The predicted octanol–water partition coefficient (Wildman–Crippen LogP) is 0.321. The Morgan fingerprint density at radius 3 is 2.89 bits per heavy atom. The van der Waals surface area contributed by atoms with Gasteiger partial charge < -0.3 is 10.0 Å². The molecule has 0 bridgehead atoms. The normalized spacial score (nSPS) is 29.3. The highest BCUT2D eigenvalue weighted by atomic mass is 16.3. The van der Waals surface area contributed by atoms with E-state index >= 15 is 0 Å². The molecule has 0 aromatic heterocycles. The van der Waals surface area contributed by atoms with Crippen LogP contribution in [0.3, 0.4) is 0 Å². The molecule has 9 heavy (non-hydrogen) atoms. The third-order valence-corrected chi connectivity index (χ3v) is 2.03. The number of nitrogens with zero attached hydrogens (tertiary/aromatic N) is 1. The van der Waals surface area contributed by atoms with Gasteiger partial charge in [0.15, 0.2) is 0 Å². The van der Waals surface area contributed by atoms with E-state index in [2.05, 4.69) is 11.9 Å². The first-order valence-corrected chi connectivity index (χ1v) is 3.62. The first-order chi connectivity index (χ1) is 4.33. The van der Waals surface area contributed by atoms with E-state index in [0.717, 1.165) is 12.3 Å². The highest BCUT2D eigenvalue weighted by molar-refractivity contribution is 4.71. The van der Waals surface area contributed by atoms with Crippen LogP contribution in [0.25, 0.3) is 0 Å². The quantitative estimate of drug-likeness (QED) is 0.580. The Kier molecular flexibility index (Phi) is 2.49. The van der Waals surface area contributed by atoms with Crippen molar-refractivity contribution in [3.05, 3.63) is 0 Å². The van der Waals surface area contributed by atoms with E-state index in [4.69, 9.17) is 5.11 Å². The van der Waals surface area contributed by atoms with Crippen LogP contribution in [-0.4, -0.2) is 36.8 Å². The largest absolute Gasteiger partial charge is 0.396 e. The molecule has 0 aliphatic carbocycles. The van der Waals surface area contributed by atoms with Crippen molar-refractivity contribution in [3.63, 3.8) is 0 Å². The summed E-state index contributed by atoms with van der Waals surface area (Å²) in [6, 6.07) is 0. The molecule has 1 aliphatic heterocycles. The lowest BCUT2D eigenvalue weighted by Gasteiger charge is -2.07. The number of aliphatic hydroxyl groups is 1. The van der Waals surface area contributed by atoms with Gasteiger partial charge in [0.05, 0.1) is 0 Å². The standard InChI is InChI=1S/C7H15NO/c1-8-4-2-7(6-8)3-5-9/h7,9H,2-6H2,1H3/t7-/m1/s1. The molecular weight excluding hydrogens is 114 g/mol. The van der Waals surface area contributed by atoms with Crippen LogP contribution in [0.2, 0.25) is 0 Å². The lowest BCUT2D eigenvalue weighted by Crippen LogP contribution is -2.14. The fourth-order valence-electron chi connectivity index (χ4n) is 1.44. The van der Waals surface area contributed by atoms with Gasteiger partial charge in [0.25, 0.3) is 0 Å². The summed E-state index contributed by atoms with van der Waals surface area (Å²) < 4.78 is 0. The zero-order chi connectivity index (χ0) is 6.69. The zero-order valence-electron chi connectivity index (χ0n) is 6.01. The van der Waals surface area contributed by atoms with Crippen molar-refractivity contribution in [2.75, 3.05) is 26.7 Å². The van der Waals surface area contributed by atoms with Crippen LogP contribution in [0.4, 0.5) is 0 Å². The van der Waals surface area contributed by atoms with Crippen molar-refractivity contribution in [1.29, 1.82) is 0 Å². The molecule has 0 unspecified atom stereocenters. The maximum Gasteiger partial charge on any atom is 0.0434 e. The second kappa shape index (κ2) is 3.18. The lowest BCUT2D eigenvalue weighted by molar-refractivity contribution is 0.256. The SMILES string of the molecule is CN1CC[C@H](CCO)C1. The number of hydrogen-bond acceptors (Lipinski definition) is 2. The number of hydrogen-bond donors (Lipinski definition) is 1. The van der Waals surface area contributed by atoms with E-state index < -0.39 is 0 Å². The molecule has 0 radical (unpaired) electrons. The highest BCUT2D eigenvalue weighted by Gasteiger charge is 2.17. The predicted molar refractivity (Wildman–Crippen MR) is 37.3 cm³/mol. The van der Waals surface area contributed by atoms with Crippen LogP contribution in [0.15, 0.2) is 0 Å². The third-order valence-electron chi connectivity index (χ3n) is 2.03. The maximum absolute atomic E-state index is 8.59. The molecule has 2 nitrogen and oxygen atoms in total. The highest BCUT2D eigenvalue weighted by Crippen LogP contribution is 2.16. The Morgan fingerprint density at radius 1 is 1.67 bits per heavy atom. The molecule has 1 saturated heterocycles. The minimum atomic E-state index is 0.360. The minimum Gasteiger partial charge on any atom is -0.396 e. The fraction of sp³-hybridized carbons (Fsp3) is 1.00. The van der Waals surface area contributed by atoms with Gasteiger partial charge in [-0.05, 0) is 32.4 Å². The molecule has 2 heteroatoms. The van der Waals surface area contributed by atoms with E-state index in [9.17, 15) is 0 Å². The van der Waals surface area contributed by atoms with Crippen molar-refractivity contribution >= 4 is 0 Å². The van der Waals surface area contributed by atoms with E-state index in [1.807, 2.05) is 0 Å². The van der Waals surface area contributed by atoms with Gasteiger partial charge in [-0.2, -0.15) is 0 Å². The first kappa shape index (κ1) is 7.03. The summed E-state index contributed by atoms with van der Waals surface area (Å²) in [5, 5.41) is 8.59. The molecule has 1 aliphatic rings. The molecule has 0 saturated carbocycles. The van der Waals surface area contributed by atoms with Crippen LogP contribution in [0.1, 0.15) is 12.8 Å². The molecule has 1 heterocycles. The zero-order valence-corrected chi connectivity index (χ0v) is 6.01. The molecular formula is C7H15NO. The molecule has 1 rings (SSSR count). The van der Waals surface area contributed by atoms with Crippen molar-refractivity contribution in [2.24, 2.45) is 5.92 Å². The number of likely N-dealkylation sites (tertiary alicyclic amines) is 1. The Bertz CT molecular complexity index is 83.0. The van der Waals surface area contributed by atoms with Crippen molar-refractivity contribution in [2.45, 2.75) is 12.8 Å². The average molecular weight is 129 g/mol. The maximum atomic E-state index is 8.59. The molecule has 1 atom stereocenters. The van der Waals surface area contributed by atoms with Gasteiger partial charge in [-0.25, -0.2) is 0 Å².